The van der Waals surface area contributed by atoms with E-state index in [9.17, 15) is 13.9 Å². The fourth-order valence-electron chi connectivity index (χ4n) is 7.85. The number of phenolic OH excluding ortho intramolecular Hbond substituents is 1. The molecule has 0 unspecified atom stereocenters. The van der Waals surface area contributed by atoms with Crippen LogP contribution in [0, 0.1) is 11.6 Å². The first kappa shape index (κ1) is 27.2. The molecule has 4 atom stereocenters. The first-order valence-corrected chi connectivity index (χ1v) is 15.3. The fraction of sp³-hybridized carbons (Fsp3) is 0.438. The number of aromatic nitrogens is 2. The molecule has 7 nitrogen and oxygen atoms in total. The fourth-order valence-corrected chi connectivity index (χ4v) is 8.12. The van der Waals surface area contributed by atoms with Crippen LogP contribution >= 0.6 is 11.6 Å². The van der Waals surface area contributed by atoms with Crippen molar-refractivity contribution in [2.45, 2.75) is 55.9 Å². The molecule has 4 saturated heterocycles. The number of piperazine rings is 1. The molecule has 4 aromatic rings. The molecule has 4 fully saturated rings. The predicted octanol–water partition coefficient (Wildman–Crippen LogP) is 5.98. The summed E-state index contributed by atoms with van der Waals surface area (Å²) in [7, 11) is 0. The predicted molar refractivity (Wildman–Crippen MR) is 160 cm³/mol. The highest BCUT2D eigenvalue weighted by Crippen LogP contribution is 2.43. The number of benzene rings is 3. The van der Waals surface area contributed by atoms with Gasteiger partial charge >= 0.3 is 6.01 Å². The van der Waals surface area contributed by atoms with Gasteiger partial charge in [0.15, 0.2) is 5.82 Å². The molecule has 0 radical (unpaired) electrons. The number of fused-ring (bicyclic) bond motifs is 5. The molecule has 2 bridgehead atoms. The highest BCUT2D eigenvalue weighted by Gasteiger charge is 2.49. The molecule has 0 spiro atoms. The topological polar surface area (TPSA) is 73.8 Å². The Bertz CT molecular complexity index is 1760. The van der Waals surface area contributed by atoms with Gasteiger partial charge in [0.2, 0.25) is 0 Å². The summed E-state index contributed by atoms with van der Waals surface area (Å²) in [6.07, 6.45) is 3.43. The molecule has 8 rings (SSSR count). The van der Waals surface area contributed by atoms with Gasteiger partial charge in [-0.05, 0) is 67.4 Å². The Labute approximate surface area is 251 Å². The summed E-state index contributed by atoms with van der Waals surface area (Å²) in [5, 5.41) is 15.2. The lowest BCUT2D eigenvalue weighted by Gasteiger charge is -2.34. The third kappa shape index (κ3) is 4.48. The second-order valence-corrected chi connectivity index (χ2v) is 12.9. The Morgan fingerprint density at radius 1 is 1.05 bits per heavy atom. The van der Waals surface area contributed by atoms with Gasteiger partial charge in [0.1, 0.15) is 35.7 Å². The first-order valence-electron chi connectivity index (χ1n) is 14.9. The van der Waals surface area contributed by atoms with Crippen molar-refractivity contribution in [3.63, 3.8) is 0 Å². The minimum absolute atomic E-state index is 0.0396. The summed E-state index contributed by atoms with van der Waals surface area (Å²) in [5.74, 6) is -0.805. The number of halogens is 4. The number of hydrogen-bond donors (Lipinski definition) is 2. The summed E-state index contributed by atoms with van der Waals surface area (Å²) >= 11 is 6.38. The molecule has 4 aliphatic rings. The summed E-state index contributed by atoms with van der Waals surface area (Å²) in [4.78, 5) is 13.7. The Hall–Kier alpha value is -3.34. The van der Waals surface area contributed by atoms with Gasteiger partial charge < -0.3 is 20.1 Å². The number of anilines is 1. The van der Waals surface area contributed by atoms with Gasteiger partial charge in [0.05, 0.1) is 10.6 Å². The third-order valence-electron chi connectivity index (χ3n) is 9.80. The normalized spacial score (nSPS) is 27.0. The van der Waals surface area contributed by atoms with E-state index in [0.29, 0.717) is 47.0 Å². The van der Waals surface area contributed by atoms with E-state index < -0.39 is 23.3 Å². The number of ether oxygens (including phenoxy) is 1. The van der Waals surface area contributed by atoms with Gasteiger partial charge in [-0.3, -0.25) is 4.90 Å². The van der Waals surface area contributed by atoms with Gasteiger partial charge in [-0.25, -0.2) is 13.2 Å². The second-order valence-electron chi connectivity index (χ2n) is 12.5. The Kier molecular flexibility index (Phi) is 6.40. The van der Waals surface area contributed by atoms with Crippen LogP contribution in [0.15, 0.2) is 36.4 Å². The van der Waals surface area contributed by atoms with Crippen LogP contribution < -0.4 is 15.0 Å². The molecular weight excluding hydrogens is 579 g/mol. The highest BCUT2D eigenvalue weighted by molar-refractivity contribution is 6.37. The zero-order valence-electron chi connectivity index (χ0n) is 23.4. The van der Waals surface area contributed by atoms with Crippen molar-refractivity contribution in [1.82, 2.24) is 20.2 Å². The Morgan fingerprint density at radius 3 is 2.67 bits per heavy atom. The van der Waals surface area contributed by atoms with Crippen molar-refractivity contribution >= 4 is 39.1 Å². The first-order chi connectivity index (χ1) is 20.8. The van der Waals surface area contributed by atoms with Gasteiger partial charge in [0, 0.05) is 54.5 Å². The monoisotopic (exact) mass is 609 g/mol. The van der Waals surface area contributed by atoms with Crippen LogP contribution in [0.5, 0.6) is 11.8 Å². The van der Waals surface area contributed by atoms with E-state index in [1.54, 1.807) is 12.1 Å². The number of aromatic hydroxyl groups is 1. The Morgan fingerprint density at radius 2 is 1.86 bits per heavy atom. The average Bonchev–Trinajstić information content (AvgIpc) is 3.63. The molecule has 11 heteroatoms. The molecule has 4 aliphatic heterocycles. The quantitative estimate of drug-likeness (QED) is 0.288. The van der Waals surface area contributed by atoms with Crippen LogP contribution in [0.1, 0.15) is 32.1 Å². The lowest BCUT2D eigenvalue weighted by atomic mass is 9.95. The molecule has 2 N–H and O–H groups in total. The van der Waals surface area contributed by atoms with Crippen molar-refractivity contribution in [1.29, 1.82) is 0 Å². The largest absolute Gasteiger partial charge is 0.508 e. The standard InChI is InChI=1S/C32H31ClF3N5O2/c33-27-25(35)7-2-17-10-21(42)11-24(26(17)27)22-5-6-23-29(28(22)36)38-31(39-30(23)40-14-19-3-4-20(15-40)37-19)43-16-32-8-1-9-41(32)13-18(34)12-32/h2,5-7,10-11,18-20,37,42H,1,3-4,8-9,12-16H2/t18-,19-,20+,32+/m1/s1. The smallest absolute Gasteiger partial charge is 0.319 e. The van der Waals surface area contributed by atoms with Gasteiger partial charge in [0.25, 0.3) is 0 Å². The van der Waals surface area contributed by atoms with Crippen molar-refractivity contribution in [3.8, 4) is 22.9 Å². The second kappa shape index (κ2) is 10.1. The van der Waals surface area contributed by atoms with Crippen LogP contribution in [0.25, 0.3) is 32.8 Å². The van der Waals surface area contributed by atoms with Gasteiger partial charge in [-0.15, -0.1) is 0 Å². The zero-order chi connectivity index (χ0) is 29.5. The van der Waals surface area contributed by atoms with E-state index in [4.69, 9.17) is 21.3 Å². The molecule has 0 saturated carbocycles. The van der Waals surface area contributed by atoms with E-state index in [-0.39, 0.29) is 40.0 Å². The lowest BCUT2D eigenvalue weighted by Crippen LogP contribution is -2.51. The van der Waals surface area contributed by atoms with Crippen molar-refractivity contribution in [3.05, 3.63) is 53.1 Å². The maximum Gasteiger partial charge on any atom is 0.319 e. The molecular formula is C32H31ClF3N5O2. The number of rotatable bonds is 5. The van der Waals surface area contributed by atoms with Crippen molar-refractivity contribution in [2.24, 2.45) is 0 Å². The molecule has 1 aromatic heterocycles. The maximum atomic E-state index is 16.7. The van der Waals surface area contributed by atoms with Crippen LogP contribution in [0.2, 0.25) is 5.02 Å². The molecule has 0 aliphatic carbocycles. The number of nitrogens with zero attached hydrogens (tertiary/aromatic N) is 4. The molecule has 43 heavy (non-hydrogen) atoms. The molecule has 3 aromatic carbocycles. The van der Waals surface area contributed by atoms with E-state index in [1.165, 1.54) is 24.3 Å². The molecule has 224 valence electrons. The van der Waals surface area contributed by atoms with Crippen LogP contribution in [0.3, 0.4) is 0 Å². The zero-order valence-corrected chi connectivity index (χ0v) is 24.2. The summed E-state index contributed by atoms with van der Waals surface area (Å²) in [6, 6.07) is 9.61. The third-order valence-corrected chi connectivity index (χ3v) is 10.2. The van der Waals surface area contributed by atoms with E-state index in [2.05, 4.69) is 20.1 Å². The molecule has 0 amide bonds. The van der Waals surface area contributed by atoms with Crippen LogP contribution in [0.4, 0.5) is 19.0 Å². The number of nitrogens with one attached hydrogen (secondary N) is 1. The Balaban J connectivity index is 1.26. The van der Waals surface area contributed by atoms with E-state index >= 15 is 4.39 Å². The highest BCUT2D eigenvalue weighted by atomic mass is 35.5. The molecule has 5 heterocycles. The average molecular weight is 610 g/mol. The maximum absolute atomic E-state index is 16.7. The summed E-state index contributed by atoms with van der Waals surface area (Å²) < 4.78 is 51.9. The van der Waals surface area contributed by atoms with Gasteiger partial charge in [-0.1, -0.05) is 23.7 Å². The van der Waals surface area contributed by atoms with E-state index in [1.807, 2.05) is 0 Å². The summed E-state index contributed by atoms with van der Waals surface area (Å²) in [6.45, 7) is 2.89. The van der Waals surface area contributed by atoms with Crippen LogP contribution in [-0.4, -0.2) is 76.6 Å². The minimum Gasteiger partial charge on any atom is -0.508 e. The number of phenols is 1. The van der Waals surface area contributed by atoms with Gasteiger partial charge in [-0.2, -0.15) is 9.97 Å². The lowest BCUT2D eigenvalue weighted by molar-refractivity contribution is 0.107. The van der Waals surface area contributed by atoms with Crippen LogP contribution in [-0.2, 0) is 0 Å². The SMILES string of the molecule is Oc1cc(-c2ccc3c(N4C[C@H]5CC[C@@H](C4)N5)nc(OC[C@@]45CCCN4C[C@H](F)C5)nc3c2F)c2c(Cl)c(F)ccc2c1. The summed E-state index contributed by atoms with van der Waals surface area (Å²) in [5.41, 5.74) is 0.0203. The van der Waals surface area contributed by atoms with E-state index in [0.717, 1.165) is 45.3 Å². The number of alkyl halides is 1. The minimum atomic E-state index is -0.901. The number of hydrogen-bond acceptors (Lipinski definition) is 7. The van der Waals surface area contributed by atoms with Crippen molar-refractivity contribution in [2.75, 3.05) is 37.7 Å². The van der Waals surface area contributed by atoms with Crippen molar-refractivity contribution < 1.29 is 23.0 Å².